The molecule has 0 radical (unpaired) electrons. The number of halogens is 3. The molecule has 4 N–H and O–H groups in total. The van der Waals surface area contributed by atoms with Gasteiger partial charge in [-0.05, 0) is 57.9 Å². The summed E-state index contributed by atoms with van der Waals surface area (Å²) < 4.78 is 52.4. The summed E-state index contributed by atoms with van der Waals surface area (Å²) in [7, 11) is -3.98. The van der Waals surface area contributed by atoms with Crippen molar-refractivity contribution < 1.29 is 26.8 Å². The highest BCUT2D eigenvalue weighted by Crippen LogP contribution is 2.27. The van der Waals surface area contributed by atoms with Gasteiger partial charge in [0.05, 0.1) is 16.1 Å². The van der Waals surface area contributed by atoms with Crippen molar-refractivity contribution in [3.05, 3.63) is 106 Å². The molecule has 8 nitrogen and oxygen atoms in total. The van der Waals surface area contributed by atoms with E-state index in [1.807, 2.05) is 0 Å². The van der Waals surface area contributed by atoms with Gasteiger partial charge in [0.25, 0.3) is 11.8 Å². The van der Waals surface area contributed by atoms with Gasteiger partial charge in [-0.25, -0.2) is 27.3 Å². The number of carbonyl (C=O) groups excluding carboxylic acids is 2. The maximum absolute atomic E-state index is 14.0. The minimum absolute atomic E-state index is 0.0788. The number of nitrogens with one attached hydrogen (secondary N) is 2. The standard InChI is InChI=1S/C25H17BrF2N4O4S/c26-16-9-10-23(30-13-16)32-25(34)18-11-19(27)20(28)12-21(18)31-24(33)15-7-5-14(6-8-15)17-3-1-2-4-22(17)37(29,35)36/h1-13H,(H,31,33)(H2,29,35,36)(H,30,32,34). The highest BCUT2D eigenvalue weighted by molar-refractivity contribution is 9.10. The van der Waals surface area contributed by atoms with Gasteiger partial charge in [-0.1, -0.05) is 30.3 Å². The van der Waals surface area contributed by atoms with E-state index in [1.54, 1.807) is 18.2 Å². The number of aromatic nitrogens is 1. The van der Waals surface area contributed by atoms with Crippen LogP contribution in [0.5, 0.6) is 0 Å². The summed E-state index contributed by atoms with van der Waals surface area (Å²) in [5.41, 5.74) is 0.356. The SMILES string of the molecule is NS(=O)(=O)c1ccccc1-c1ccc(C(=O)Nc2cc(F)c(F)cc2C(=O)Nc2ccc(Br)cn2)cc1. The molecular formula is C25H17BrF2N4O4S. The minimum Gasteiger partial charge on any atom is -0.321 e. The smallest absolute Gasteiger partial charge is 0.259 e. The van der Waals surface area contributed by atoms with Gasteiger partial charge >= 0.3 is 0 Å². The number of pyridine rings is 1. The van der Waals surface area contributed by atoms with E-state index in [4.69, 9.17) is 5.14 Å². The normalized spacial score (nSPS) is 11.1. The van der Waals surface area contributed by atoms with Gasteiger partial charge < -0.3 is 10.6 Å². The van der Waals surface area contributed by atoms with E-state index in [-0.39, 0.29) is 27.5 Å². The van der Waals surface area contributed by atoms with Crippen molar-refractivity contribution in [2.75, 3.05) is 10.6 Å². The highest BCUT2D eigenvalue weighted by atomic mass is 79.9. The maximum Gasteiger partial charge on any atom is 0.259 e. The Morgan fingerprint density at radius 3 is 2.19 bits per heavy atom. The number of benzene rings is 3. The molecule has 2 amide bonds. The molecule has 0 aliphatic rings. The van der Waals surface area contributed by atoms with Gasteiger partial charge in [-0.15, -0.1) is 0 Å². The van der Waals surface area contributed by atoms with E-state index in [2.05, 4.69) is 31.5 Å². The summed E-state index contributed by atoms with van der Waals surface area (Å²) in [5.74, 6) is -3.91. The molecule has 0 spiro atoms. The average molecular weight is 587 g/mol. The van der Waals surface area contributed by atoms with Gasteiger partial charge in [0.1, 0.15) is 5.82 Å². The molecule has 0 aliphatic carbocycles. The van der Waals surface area contributed by atoms with Crippen LogP contribution in [0.25, 0.3) is 11.1 Å². The number of nitrogens with zero attached hydrogens (tertiary/aromatic N) is 1. The first-order chi connectivity index (χ1) is 17.5. The van der Waals surface area contributed by atoms with E-state index in [9.17, 15) is 26.8 Å². The van der Waals surface area contributed by atoms with E-state index >= 15 is 0 Å². The van der Waals surface area contributed by atoms with Crippen LogP contribution < -0.4 is 15.8 Å². The van der Waals surface area contributed by atoms with Gasteiger partial charge in [0.15, 0.2) is 11.6 Å². The molecule has 0 atom stereocenters. The lowest BCUT2D eigenvalue weighted by Crippen LogP contribution is -2.19. The van der Waals surface area contributed by atoms with Gasteiger partial charge in [-0.2, -0.15) is 0 Å². The van der Waals surface area contributed by atoms with E-state index in [0.29, 0.717) is 27.7 Å². The first kappa shape index (κ1) is 26.1. The van der Waals surface area contributed by atoms with E-state index in [0.717, 1.165) is 0 Å². The summed E-state index contributed by atoms with van der Waals surface area (Å²) >= 11 is 3.22. The number of primary sulfonamides is 1. The molecule has 1 aromatic heterocycles. The number of rotatable bonds is 6. The number of sulfonamides is 1. The van der Waals surface area contributed by atoms with Crippen molar-refractivity contribution in [2.24, 2.45) is 5.14 Å². The lowest BCUT2D eigenvalue weighted by atomic mass is 10.0. The van der Waals surface area contributed by atoms with Crippen molar-refractivity contribution in [3.63, 3.8) is 0 Å². The Kier molecular flexibility index (Phi) is 7.43. The van der Waals surface area contributed by atoms with Crippen LogP contribution in [0.1, 0.15) is 20.7 Å². The average Bonchev–Trinajstić information content (AvgIpc) is 2.87. The molecule has 37 heavy (non-hydrogen) atoms. The topological polar surface area (TPSA) is 131 Å². The lowest BCUT2D eigenvalue weighted by Gasteiger charge is -2.13. The van der Waals surface area contributed by atoms with Crippen molar-refractivity contribution in [2.45, 2.75) is 4.90 Å². The summed E-state index contributed by atoms with van der Waals surface area (Å²) in [5, 5.41) is 10.2. The monoisotopic (exact) mass is 586 g/mol. The summed E-state index contributed by atoms with van der Waals surface area (Å²) in [6.45, 7) is 0. The fourth-order valence-corrected chi connectivity index (χ4v) is 4.42. The number of carbonyl (C=O) groups is 2. The summed E-state index contributed by atoms with van der Waals surface area (Å²) in [6.07, 6.45) is 1.44. The highest BCUT2D eigenvalue weighted by Gasteiger charge is 2.20. The zero-order valence-electron chi connectivity index (χ0n) is 18.7. The number of hydrogen-bond acceptors (Lipinski definition) is 5. The number of hydrogen-bond donors (Lipinski definition) is 3. The Morgan fingerprint density at radius 1 is 0.865 bits per heavy atom. The molecule has 188 valence electrons. The molecule has 0 fully saturated rings. The maximum atomic E-state index is 14.0. The Hall–Kier alpha value is -4.00. The molecule has 0 bridgehead atoms. The second-order valence-corrected chi connectivity index (χ2v) is 10.1. The molecule has 4 rings (SSSR count). The van der Waals surface area contributed by atoms with E-state index < -0.39 is 33.5 Å². The fourth-order valence-electron chi connectivity index (χ4n) is 3.42. The molecule has 12 heteroatoms. The fraction of sp³-hybridized carbons (Fsp3) is 0. The van der Waals surface area contributed by atoms with Gasteiger partial charge in [-0.3, -0.25) is 9.59 Å². The zero-order valence-corrected chi connectivity index (χ0v) is 21.1. The minimum atomic E-state index is -3.98. The van der Waals surface area contributed by atoms with Crippen LogP contribution in [0, 0.1) is 11.6 Å². The van der Waals surface area contributed by atoms with Gasteiger partial charge in [0, 0.05) is 27.9 Å². The molecular weight excluding hydrogens is 570 g/mol. The molecule has 3 aromatic carbocycles. The Bertz CT molecular complexity index is 1610. The van der Waals surface area contributed by atoms with Crippen molar-refractivity contribution in [3.8, 4) is 11.1 Å². The summed E-state index contributed by atoms with van der Waals surface area (Å²) in [6, 6.07) is 16.5. The third-order valence-corrected chi connectivity index (χ3v) is 6.61. The predicted octanol–water partition coefficient (Wildman–Crippen LogP) is 4.94. The zero-order chi connectivity index (χ0) is 26.7. The first-order valence-electron chi connectivity index (χ1n) is 10.5. The molecule has 0 saturated carbocycles. The number of amides is 2. The second kappa shape index (κ2) is 10.5. The quantitative estimate of drug-likeness (QED) is 0.294. The van der Waals surface area contributed by atoms with Crippen LogP contribution >= 0.6 is 15.9 Å². The van der Waals surface area contributed by atoms with Crippen molar-refractivity contribution >= 4 is 49.3 Å². The van der Waals surface area contributed by atoms with Crippen LogP contribution in [0.15, 0.2) is 88.4 Å². The van der Waals surface area contributed by atoms with Crippen LogP contribution in [-0.2, 0) is 10.0 Å². The molecule has 0 unspecified atom stereocenters. The summed E-state index contributed by atoms with van der Waals surface area (Å²) in [4.78, 5) is 29.5. The second-order valence-electron chi connectivity index (χ2n) is 7.70. The van der Waals surface area contributed by atoms with Crippen LogP contribution in [-0.4, -0.2) is 25.2 Å². The largest absolute Gasteiger partial charge is 0.321 e. The molecule has 0 saturated heterocycles. The van der Waals surface area contributed by atoms with Crippen LogP contribution in [0.2, 0.25) is 0 Å². The first-order valence-corrected chi connectivity index (χ1v) is 12.8. The third kappa shape index (κ3) is 6.05. The van der Waals surface area contributed by atoms with Gasteiger partial charge in [0.2, 0.25) is 10.0 Å². The molecule has 0 aliphatic heterocycles. The lowest BCUT2D eigenvalue weighted by molar-refractivity contribution is 0.102. The van der Waals surface area contributed by atoms with Crippen LogP contribution in [0.4, 0.5) is 20.3 Å². The van der Waals surface area contributed by atoms with Crippen LogP contribution in [0.3, 0.4) is 0 Å². The Morgan fingerprint density at radius 2 is 1.54 bits per heavy atom. The number of nitrogens with two attached hydrogens (primary N) is 1. The predicted molar refractivity (Wildman–Crippen MR) is 137 cm³/mol. The number of anilines is 2. The van der Waals surface area contributed by atoms with Crippen molar-refractivity contribution in [1.29, 1.82) is 0 Å². The Labute approximate surface area is 218 Å². The van der Waals surface area contributed by atoms with E-state index in [1.165, 1.54) is 48.7 Å². The van der Waals surface area contributed by atoms with Crippen molar-refractivity contribution in [1.82, 2.24) is 4.98 Å². The Balaban J connectivity index is 1.59. The third-order valence-electron chi connectivity index (χ3n) is 5.17. The molecule has 4 aromatic rings. The molecule has 1 heterocycles.